The van der Waals surface area contributed by atoms with Crippen LogP contribution in [0.15, 0.2) is 142 Å². The van der Waals surface area contributed by atoms with Gasteiger partial charge in [0.05, 0.1) is 0 Å². The van der Waals surface area contributed by atoms with E-state index in [1.54, 1.807) is 0 Å². The molecule has 1 atom stereocenters. The molecule has 3 nitrogen and oxygen atoms in total. The Kier molecular flexibility index (Phi) is 6.17. The average molecular weight is 526 g/mol. The van der Waals surface area contributed by atoms with Gasteiger partial charge in [-0.25, -0.2) is 0 Å². The van der Waals surface area contributed by atoms with Crippen LogP contribution in [-0.4, -0.2) is 0 Å². The summed E-state index contributed by atoms with van der Waals surface area (Å²) in [6, 6.07) is 46.8. The Morgan fingerprint density at radius 1 is 0.564 bits per heavy atom. The van der Waals surface area contributed by atoms with Gasteiger partial charge in [0, 0.05) is 23.4 Å². The van der Waals surface area contributed by atoms with Gasteiger partial charge < -0.3 is 8.39 Å². The molecule has 0 aliphatic carbocycles. The van der Waals surface area contributed by atoms with E-state index in [4.69, 9.17) is 8.39 Å². The zero-order chi connectivity index (χ0) is 26.2. The van der Waals surface area contributed by atoms with Crippen LogP contribution in [0.25, 0.3) is 43.5 Å². The first-order valence-electron chi connectivity index (χ1n) is 13.3. The lowest BCUT2D eigenvalue weighted by Gasteiger charge is -2.26. The topological polar surface area (TPSA) is 29.5 Å². The molecule has 0 amide bonds. The standard InChI is InChI=1S/C35H28NO2P/c1-25(27-14-6-3-7-15-27)36(24-26-12-4-2-5-13-26)39-37-32-22-20-28-16-8-10-18-30(28)34(32)35-31-19-11-9-17-29(31)21-23-33(35)38-39/h2-23,25H,24H2,1H3. The Balaban J connectivity index is 1.57. The molecule has 6 aromatic carbocycles. The van der Waals surface area contributed by atoms with Gasteiger partial charge in [0.25, 0.3) is 0 Å². The van der Waals surface area contributed by atoms with Gasteiger partial charge >= 0.3 is 8.16 Å². The van der Waals surface area contributed by atoms with Crippen LogP contribution in [0.2, 0.25) is 0 Å². The van der Waals surface area contributed by atoms with Crippen LogP contribution in [0.3, 0.4) is 0 Å². The molecule has 39 heavy (non-hydrogen) atoms. The summed E-state index contributed by atoms with van der Waals surface area (Å²) >= 11 is 0. The maximum atomic E-state index is 6.94. The largest absolute Gasteiger partial charge is 0.408 e. The molecule has 0 saturated carbocycles. The summed E-state index contributed by atoms with van der Waals surface area (Å²) in [7, 11) is -1.50. The van der Waals surface area contributed by atoms with Crippen LogP contribution in [0.4, 0.5) is 0 Å². The molecule has 0 saturated heterocycles. The summed E-state index contributed by atoms with van der Waals surface area (Å²) in [4.78, 5) is 0. The number of hydrogen-bond donors (Lipinski definition) is 0. The Bertz CT molecular complexity index is 1870. The minimum absolute atomic E-state index is 0.0726. The van der Waals surface area contributed by atoms with Gasteiger partial charge in [0.1, 0.15) is 11.2 Å². The molecule has 0 fully saturated rings. The summed E-state index contributed by atoms with van der Waals surface area (Å²) in [5.74, 6) is 0. The van der Waals surface area contributed by atoms with Crippen molar-refractivity contribution < 1.29 is 8.39 Å². The zero-order valence-electron chi connectivity index (χ0n) is 21.7. The van der Waals surface area contributed by atoms with Crippen molar-refractivity contribution in [2.24, 2.45) is 0 Å². The first-order valence-corrected chi connectivity index (χ1v) is 14.4. The van der Waals surface area contributed by atoms with Gasteiger partial charge in [-0.2, -0.15) is 4.67 Å². The van der Waals surface area contributed by atoms with Crippen molar-refractivity contribution in [2.75, 3.05) is 4.67 Å². The molecule has 0 N–H and O–H groups in total. The zero-order valence-corrected chi connectivity index (χ0v) is 22.6. The lowest BCUT2D eigenvalue weighted by molar-refractivity contribution is 0.594. The second-order valence-corrected chi connectivity index (χ2v) is 11.3. The minimum atomic E-state index is -1.50. The number of rotatable bonds is 5. The van der Waals surface area contributed by atoms with Gasteiger partial charge in [-0.15, -0.1) is 0 Å². The van der Waals surface area contributed by atoms with E-state index in [9.17, 15) is 0 Å². The summed E-state index contributed by atoms with van der Waals surface area (Å²) in [6.45, 7) is 2.94. The highest BCUT2D eigenvalue weighted by molar-refractivity contribution is 7.38. The second-order valence-electron chi connectivity index (χ2n) is 9.91. The van der Waals surface area contributed by atoms with Crippen molar-refractivity contribution >= 4 is 51.6 Å². The number of hydrogen-bond acceptors (Lipinski definition) is 3. The van der Waals surface area contributed by atoms with E-state index < -0.39 is 8.16 Å². The Morgan fingerprint density at radius 2 is 1.05 bits per heavy atom. The van der Waals surface area contributed by atoms with E-state index in [1.807, 2.05) is 0 Å². The summed E-state index contributed by atoms with van der Waals surface area (Å²) in [6.07, 6.45) is 0. The van der Waals surface area contributed by atoms with E-state index in [1.165, 1.54) is 32.7 Å². The maximum absolute atomic E-state index is 6.94. The quantitative estimate of drug-likeness (QED) is 0.224. The highest BCUT2D eigenvalue weighted by Gasteiger charge is 2.24. The van der Waals surface area contributed by atoms with Gasteiger partial charge in [-0.3, -0.25) is 0 Å². The van der Waals surface area contributed by atoms with E-state index in [-0.39, 0.29) is 6.04 Å². The fourth-order valence-electron chi connectivity index (χ4n) is 5.47. The third kappa shape index (κ3) is 4.40. The van der Waals surface area contributed by atoms with Crippen molar-refractivity contribution in [3.63, 3.8) is 0 Å². The molecule has 0 radical (unpaired) electrons. The van der Waals surface area contributed by atoms with Crippen LogP contribution in [0.1, 0.15) is 24.1 Å². The van der Waals surface area contributed by atoms with Crippen molar-refractivity contribution in [3.8, 4) is 0 Å². The predicted octanol–water partition coefficient (Wildman–Crippen LogP) is 10.5. The molecule has 1 unspecified atom stereocenters. The maximum Gasteiger partial charge on any atom is 0.310 e. The average Bonchev–Trinajstić information content (AvgIpc) is 3.18. The molecule has 4 heteroatoms. The number of nitrogens with zero attached hydrogens (tertiary/aromatic N) is 1. The van der Waals surface area contributed by atoms with Crippen molar-refractivity contribution in [1.29, 1.82) is 0 Å². The third-order valence-electron chi connectivity index (χ3n) is 7.51. The van der Waals surface area contributed by atoms with E-state index >= 15 is 0 Å². The molecule has 190 valence electrons. The number of fused-ring (bicyclic) bond motifs is 7. The van der Waals surface area contributed by atoms with Crippen LogP contribution >= 0.6 is 8.16 Å². The lowest BCUT2D eigenvalue weighted by Crippen LogP contribution is -2.23. The van der Waals surface area contributed by atoms with Gasteiger partial charge in [-0.05, 0) is 51.7 Å². The highest BCUT2D eigenvalue weighted by Crippen LogP contribution is 2.44. The van der Waals surface area contributed by atoms with E-state index in [2.05, 4.69) is 145 Å². The number of benzene rings is 6. The Morgan fingerprint density at radius 3 is 1.62 bits per heavy atom. The molecule has 1 aromatic heterocycles. The van der Waals surface area contributed by atoms with Crippen LogP contribution in [0.5, 0.6) is 0 Å². The SMILES string of the molecule is CC(c1ccccc1)N(Cc1ccccc1)p1oc2ccc3ccccc3c2c2c(ccc3ccccc32)o1. The summed E-state index contributed by atoms with van der Waals surface area (Å²) in [5.41, 5.74) is 4.16. The Labute approximate surface area is 228 Å². The van der Waals surface area contributed by atoms with Crippen LogP contribution in [-0.2, 0) is 6.54 Å². The predicted molar refractivity (Wildman–Crippen MR) is 165 cm³/mol. The highest BCUT2D eigenvalue weighted by atomic mass is 31.1. The molecule has 7 aromatic rings. The first-order chi connectivity index (χ1) is 19.3. The van der Waals surface area contributed by atoms with Crippen LogP contribution < -0.4 is 4.67 Å². The molecule has 0 spiro atoms. The third-order valence-corrected chi connectivity index (χ3v) is 9.12. The van der Waals surface area contributed by atoms with Crippen LogP contribution in [0, 0.1) is 0 Å². The van der Waals surface area contributed by atoms with E-state index in [0.717, 1.165) is 21.9 Å². The van der Waals surface area contributed by atoms with Gasteiger partial charge in [-0.1, -0.05) is 121 Å². The molecule has 7 rings (SSSR count). The fraction of sp³-hybridized carbons (Fsp3) is 0.0857. The first kappa shape index (κ1) is 23.8. The minimum Gasteiger partial charge on any atom is -0.408 e. The fourth-order valence-corrected chi connectivity index (χ4v) is 7.06. The second kappa shape index (κ2) is 10.1. The molecular formula is C35H28NO2P. The summed E-state index contributed by atoms with van der Waals surface area (Å²) in [5, 5.41) is 6.89. The molecule has 0 bridgehead atoms. The normalized spacial score (nSPS) is 12.5. The molecular weight excluding hydrogens is 497 g/mol. The molecule has 0 aliphatic heterocycles. The van der Waals surface area contributed by atoms with Crippen molar-refractivity contribution in [3.05, 3.63) is 145 Å². The molecule has 0 aliphatic rings. The molecule has 1 heterocycles. The van der Waals surface area contributed by atoms with Crippen molar-refractivity contribution in [2.45, 2.75) is 19.5 Å². The Hall–Kier alpha value is -4.30. The van der Waals surface area contributed by atoms with Gasteiger partial charge in [0.2, 0.25) is 0 Å². The smallest absolute Gasteiger partial charge is 0.310 e. The summed E-state index contributed by atoms with van der Waals surface area (Å²) < 4.78 is 16.2. The monoisotopic (exact) mass is 525 g/mol. The van der Waals surface area contributed by atoms with Gasteiger partial charge in [0.15, 0.2) is 0 Å². The van der Waals surface area contributed by atoms with Crippen molar-refractivity contribution in [1.82, 2.24) is 0 Å². The lowest BCUT2D eigenvalue weighted by atomic mass is 9.99. The van der Waals surface area contributed by atoms with E-state index in [0.29, 0.717) is 6.54 Å².